The summed E-state index contributed by atoms with van der Waals surface area (Å²) in [6, 6.07) is 7.40. The lowest BCUT2D eigenvalue weighted by atomic mass is 10.1. The molecular formula is C17H19Cl2NO5S. The van der Waals surface area contributed by atoms with Crippen molar-refractivity contribution in [2.75, 3.05) is 21.3 Å². The van der Waals surface area contributed by atoms with Crippen molar-refractivity contribution < 1.29 is 22.6 Å². The minimum Gasteiger partial charge on any atom is -0.495 e. The molecule has 1 N–H and O–H groups in total. The number of rotatable bonds is 7. The van der Waals surface area contributed by atoms with Gasteiger partial charge in [0.1, 0.15) is 15.7 Å². The number of hydrogen-bond donors (Lipinski definition) is 1. The molecule has 2 rings (SSSR count). The summed E-state index contributed by atoms with van der Waals surface area (Å²) in [4.78, 5) is -0.128. The van der Waals surface area contributed by atoms with Crippen LogP contribution in [0, 0.1) is 0 Å². The largest absolute Gasteiger partial charge is 0.495 e. The molecule has 0 radical (unpaired) electrons. The van der Waals surface area contributed by atoms with Gasteiger partial charge in [-0.1, -0.05) is 29.3 Å². The fraction of sp³-hybridized carbons (Fsp3) is 0.294. The number of ether oxygens (including phenoxy) is 3. The Morgan fingerprint density at radius 3 is 2.04 bits per heavy atom. The standard InChI is InChI=1S/C17H19Cl2NO5S/c1-10(11-5-6-12(23-2)14(9-11)25-4)20-26(21,22)15-8-7-13(24-3)16(18)17(15)19/h5-10,20H,1-4H3/t10-/m0/s1. The van der Waals surface area contributed by atoms with Crippen molar-refractivity contribution in [1.29, 1.82) is 0 Å². The van der Waals surface area contributed by atoms with Gasteiger partial charge in [-0.15, -0.1) is 0 Å². The van der Waals surface area contributed by atoms with E-state index in [0.29, 0.717) is 22.8 Å². The van der Waals surface area contributed by atoms with E-state index >= 15 is 0 Å². The monoisotopic (exact) mass is 419 g/mol. The Kier molecular flexibility index (Phi) is 6.63. The van der Waals surface area contributed by atoms with E-state index in [1.807, 2.05) is 0 Å². The predicted octanol–water partition coefficient (Wildman–Crippen LogP) is 4.06. The Balaban J connectivity index is 2.34. The van der Waals surface area contributed by atoms with Crippen molar-refractivity contribution in [3.63, 3.8) is 0 Å². The second kappa shape index (κ2) is 8.35. The molecule has 0 aliphatic carbocycles. The van der Waals surface area contributed by atoms with Gasteiger partial charge in [-0.25, -0.2) is 13.1 Å². The molecule has 9 heteroatoms. The van der Waals surface area contributed by atoms with Crippen LogP contribution >= 0.6 is 23.2 Å². The van der Waals surface area contributed by atoms with Crippen LogP contribution in [0.4, 0.5) is 0 Å². The first-order chi connectivity index (χ1) is 12.2. The lowest BCUT2D eigenvalue weighted by Crippen LogP contribution is -2.27. The highest BCUT2D eigenvalue weighted by Gasteiger charge is 2.24. The quantitative estimate of drug-likeness (QED) is 0.732. The molecule has 0 saturated carbocycles. The van der Waals surface area contributed by atoms with Gasteiger partial charge in [-0.2, -0.15) is 0 Å². The van der Waals surface area contributed by atoms with Crippen LogP contribution in [0.1, 0.15) is 18.5 Å². The number of sulfonamides is 1. The second-order valence-electron chi connectivity index (χ2n) is 5.35. The van der Waals surface area contributed by atoms with Crippen molar-refractivity contribution in [3.8, 4) is 17.2 Å². The molecular weight excluding hydrogens is 401 g/mol. The van der Waals surface area contributed by atoms with Gasteiger partial charge in [0.05, 0.1) is 26.4 Å². The van der Waals surface area contributed by atoms with E-state index in [9.17, 15) is 8.42 Å². The third-order valence-electron chi connectivity index (χ3n) is 3.76. The Bertz CT molecular complexity index is 902. The molecule has 0 aromatic heterocycles. The Hall–Kier alpha value is -1.67. The highest BCUT2D eigenvalue weighted by atomic mass is 35.5. The summed E-state index contributed by atoms with van der Waals surface area (Å²) in [5, 5.41) is -0.0613. The average Bonchev–Trinajstić information content (AvgIpc) is 2.62. The molecule has 0 amide bonds. The van der Waals surface area contributed by atoms with Gasteiger partial charge in [0.2, 0.25) is 10.0 Å². The van der Waals surface area contributed by atoms with Gasteiger partial charge in [0.15, 0.2) is 11.5 Å². The van der Waals surface area contributed by atoms with Crippen LogP contribution in [0.5, 0.6) is 17.2 Å². The van der Waals surface area contributed by atoms with Crippen molar-refractivity contribution in [1.82, 2.24) is 4.72 Å². The van der Waals surface area contributed by atoms with E-state index < -0.39 is 16.1 Å². The maximum Gasteiger partial charge on any atom is 0.242 e. The molecule has 0 fully saturated rings. The first-order valence-corrected chi connectivity index (χ1v) is 9.75. The number of halogens is 2. The Morgan fingerprint density at radius 2 is 1.46 bits per heavy atom. The van der Waals surface area contributed by atoms with E-state index in [2.05, 4.69) is 4.72 Å². The number of methoxy groups -OCH3 is 3. The topological polar surface area (TPSA) is 73.9 Å². The fourth-order valence-electron chi connectivity index (χ4n) is 2.37. The van der Waals surface area contributed by atoms with E-state index in [0.717, 1.165) is 0 Å². The summed E-state index contributed by atoms with van der Waals surface area (Å²) < 4.78 is 43.5. The van der Waals surface area contributed by atoms with Crippen molar-refractivity contribution in [3.05, 3.63) is 45.9 Å². The van der Waals surface area contributed by atoms with Gasteiger partial charge in [0, 0.05) is 6.04 Å². The first kappa shape index (κ1) is 20.6. The van der Waals surface area contributed by atoms with Gasteiger partial charge in [-0.3, -0.25) is 0 Å². The summed E-state index contributed by atoms with van der Waals surface area (Å²) in [5.41, 5.74) is 0.696. The zero-order valence-electron chi connectivity index (χ0n) is 14.7. The molecule has 2 aromatic carbocycles. The lowest BCUT2D eigenvalue weighted by molar-refractivity contribution is 0.354. The van der Waals surface area contributed by atoms with Crippen LogP contribution in [0.2, 0.25) is 10.0 Å². The molecule has 1 atom stereocenters. The maximum atomic E-state index is 12.7. The van der Waals surface area contributed by atoms with Crippen LogP contribution < -0.4 is 18.9 Å². The summed E-state index contributed by atoms with van der Waals surface area (Å²) in [6.07, 6.45) is 0. The average molecular weight is 420 g/mol. The fourth-order valence-corrected chi connectivity index (χ4v) is 4.44. The number of hydrogen-bond acceptors (Lipinski definition) is 5. The van der Waals surface area contributed by atoms with Gasteiger partial charge in [0.25, 0.3) is 0 Å². The minimum absolute atomic E-state index is 0.0378. The van der Waals surface area contributed by atoms with E-state index in [-0.39, 0.29) is 14.9 Å². The van der Waals surface area contributed by atoms with Crippen LogP contribution in [0.3, 0.4) is 0 Å². The number of nitrogens with one attached hydrogen (secondary N) is 1. The highest BCUT2D eigenvalue weighted by molar-refractivity contribution is 7.89. The van der Waals surface area contributed by atoms with Crippen molar-refractivity contribution in [2.45, 2.75) is 17.9 Å². The normalized spacial score (nSPS) is 12.5. The smallest absolute Gasteiger partial charge is 0.242 e. The molecule has 0 saturated heterocycles. The third kappa shape index (κ3) is 4.17. The van der Waals surface area contributed by atoms with Crippen molar-refractivity contribution in [2.24, 2.45) is 0 Å². The molecule has 0 aliphatic rings. The summed E-state index contributed by atoms with van der Waals surface area (Å²) in [6.45, 7) is 1.71. The van der Waals surface area contributed by atoms with Crippen molar-refractivity contribution >= 4 is 33.2 Å². The van der Waals surface area contributed by atoms with Crippen LogP contribution in [0.15, 0.2) is 35.2 Å². The van der Waals surface area contributed by atoms with Crippen LogP contribution in [-0.4, -0.2) is 29.7 Å². The van der Waals surface area contributed by atoms with Crippen LogP contribution in [-0.2, 0) is 10.0 Å². The second-order valence-corrected chi connectivity index (χ2v) is 7.79. The van der Waals surface area contributed by atoms with Gasteiger partial charge < -0.3 is 14.2 Å². The number of benzene rings is 2. The molecule has 0 heterocycles. The molecule has 2 aromatic rings. The van der Waals surface area contributed by atoms with E-state index in [1.54, 1.807) is 25.1 Å². The molecule has 26 heavy (non-hydrogen) atoms. The molecule has 0 unspecified atom stereocenters. The van der Waals surface area contributed by atoms with Gasteiger partial charge in [-0.05, 0) is 36.8 Å². The maximum absolute atomic E-state index is 12.7. The highest BCUT2D eigenvalue weighted by Crippen LogP contribution is 2.37. The molecule has 6 nitrogen and oxygen atoms in total. The summed E-state index contributed by atoms with van der Waals surface area (Å²) in [5.74, 6) is 1.35. The summed E-state index contributed by atoms with van der Waals surface area (Å²) >= 11 is 12.2. The first-order valence-electron chi connectivity index (χ1n) is 7.51. The predicted molar refractivity (Wildman–Crippen MR) is 101 cm³/mol. The summed E-state index contributed by atoms with van der Waals surface area (Å²) in [7, 11) is 0.541. The molecule has 0 spiro atoms. The zero-order valence-corrected chi connectivity index (χ0v) is 17.0. The van der Waals surface area contributed by atoms with E-state index in [4.69, 9.17) is 37.4 Å². The minimum atomic E-state index is -3.92. The van der Waals surface area contributed by atoms with E-state index in [1.165, 1.54) is 33.5 Å². The molecule has 0 aliphatic heterocycles. The Morgan fingerprint density at radius 1 is 0.885 bits per heavy atom. The molecule has 142 valence electrons. The zero-order chi connectivity index (χ0) is 19.5. The van der Waals surface area contributed by atoms with Crippen LogP contribution in [0.25, 0.3) is 0 Å². The lowest BCUT2D eigenvalue weighted by Gasteiger charge is -2.18. The van der Waals surface area contributed by atoms with Gasteiger partial charge >= 0.3 is 0 Å². The molecule has 0 bridgehead atoms. The Labute approximate surface area is 163 Å². The SMILES string of the molecule is COc1ccc([C@H](C)NS(=O)(=O)c2ccc(OC)c(Cl)c2Cl)cc1OC. The third-order valence-corrected chi connectivity index (χ3v) is 6.32.